The number of benzene rings is 2. The molecular formula is C21H19ClN4O2S. The minimum Gasteiger partial charge on any atom is -0.453 e. The van der Waals surface area contributed by atoms with E-state index in [0.717, 1.165) is 16.5 Å². The van der Waals surface area contributed by atoms with Crippen LogP contribution in [0.2, 0.25) is 5.02 Å². The van der Waals surface area contributed by atoms with Gasteiger partial charge in [-0.1, -0.05) is 47.6 Å². The van der Waals surface area contributed by atoms with Crippen LogP contribution in [0.3, 0.4) is 0 Å². The van der Waals surface area contributed by atoms with E-state index in [0.29, 0.717) is 34.0 Å². The number of aryl methyl sites for hydroxylation is 1. The highest BCUT2D eigenvalue weighted by Crippen LogP contribution is 2.29. The average molecular weight is 427 g/mol. The summed E-state index contributed by atoms with van der Waals surface area (Å²) in [5.74, 6) is 1.39. The average Bonchev–Trinajstić information content (AvgIpc) is 3.32. The molecule has 1 N–H and O–H groups in total. The summed E-state index contributed by atoms with van der Waals surface area (Å²) in [5, 5.41) is 13.7. The van der Waals surface area contributed by atoms with Crippen molar-refractivity contribution in [3.05, 3.63) is 59.1 Å². The van der Waals surface area contributed by atoms with E-state index in [1.54, 1.807) is 12.1 Å². The molecule has 148 valence electrons. The predicted octanol–water partition coefficient (Wildman–Crippen LogP) is 5.40. The topological polar surface area (TPSA) is 73.0 Å². The fourth-order valence-corrected chi connectivity index (χ4v) is 3.97. The van der Waals surface area contributed by atoms with Crippen molar-refractivity contribution in [1.29, 1.82) is 0 Å². The first-order chi connectivity index (χ1) is 14.0. The van der Waals surface area contributed by atoms with Gasteiger partial charge in [0.1, 0.15) is 5.58 Å². The molecule has 0 aliphatic heterocycles. The van der Waals surface area contributed by atoms with Crippen LogP contribution in [0.1, 0.15) is 12.5 Å². The Morgan fingerprint density at radius 3 is 2.83 bits per heavy atom. The number of thioether (sulfide) groups is 1. The molecule has 0 radical (unpaired) electrons. The standard InChI is InChI=1S/C21H19ClN4O2S/c1-3-26-20(18-10-14-6-4-5-7-17(14)28-18)24-25-21(26)29-12-19(27)23-16-11-15(22)9-8-13(16)2/h4-11H,3,12H2,1-2H3,(H,23,27). The number of anilines is 1. The lowest BCUT2D eigenvalue weighted by molar-refractivity contribution is -0.113. The van der Waals surface area contributed by atoms with Crippen LogP contribution in [0.15, 0.2) is 58.1 Å². The van der Waals surface area contributed by atoms with Gasteiger partial charge in [-0.15, -0.1) is 10.2 Å². The van der Waals surface area contributed by atoms with E-state index < -0.39 is 0 Å². The second-order valence-electron chi connectivity index (χ2n) is 6.50. The number of para-hydroxylation sites is 1. The molecule has 0 saturated heterocycles. The van der Waals surface area contributed by atoms with Crippen LogP contribution in [0.25, 0.3) is 22.6 Å². The van der Waals surface area contributed by atoms with Crippen LogP contribution in [-0.2, 0) is 11.3 Å². The van der Waals surface area contributed by atoms with Gasteiger partial charge in [-0.25, -0.2) is 0 Å². The van der Waals surface area contributed by atoms with Crippen molar-refractivity contribution in [2.75, 3.05) is 11.1 Å². The van der Waals surface area contributed by atoms with Gasteiger partial charge in [-0.3, -0.25) is 9.36 Å². The molecule has 2 aromatic heterocycles. The number of amides is 1. The number of rotatable bonds is 6. The minimum atomic E-state index is -0.128. The number of aromatic nitrogens is 3. The van der Waals surface area contributed by atoms with Gasteiger partial charge in [0, 0.05) is 22.6 Å². The Labute approximate surface area is 177 Å². The minimum absolute atomic E-state index is 0.128. The Hall–Kier alpha value is -2.77. The van der Waals surface area contributed by atoms with Gasteiger partial charge in [-0.05, 0) is 43.7 Å². The number of carbonyl (C=O) groups is 1. The highest BCUT2D eigenvalue weighted by Gasteiger charge is 2.18. The second-order valence-corrected chi connectivity index (χ2v) is 7.87. The maximum atomic E-state index is 12.4. The first-order valence-electron chi connectivity index (χ1n) is 9.16. The van der Waals surface area contributed by atoms with Crippen LogP contribution < -0.4 is 5.32 Å². The zero-order valence-electron chi connectivity index (χ0n) is 16.0. The van der Waals surface area contributed by atoms with E-state index >= 15 is 0 Å². The van der Waals surface area contributed by atoms with Crippen LogP contribution in [0, 0.1) is 6.92 Å². The predicted molar refractivity (Wildman–Crippen MR) is 116 cm³/mol. The number of fused-ring (bicyclic) bond motifs is 1. The van der Waals surface area contributed by atoms with Crippen LogP contribution in [0.5, 0.6) is 0 Å². The molecule has 0 saturated carbocycles. The summed E-state index contributed by atoms with van der Waals surface area (Å²) in [6.07, 6.45) is 0. The molecule has 29 heavy (non-hydrogen) atoms. The second kappa shape index (κ2) is 8.31. The molecule has 0 spiro atoms. The van der Waals surface area contributed by atoms with Crippen LogP contribution in [0.4, 0.5) is 5.69 Å². The smallest absolute Gasteiger partial charge is 0.234 e. The summed E-state index contributed by atoms with van der Waals surface area (Å²) in [6, 6.07) is 15.2. The number of halogens is 1. The third kappa shape index (κ3) is 4.16. The quantitative estimate of drug-likeness (QED) is 0.417. The van der Waals surface area contributed by atoms with Crippen molar-refractivity contribution in [2.24, 2.45) is 0 Å². The molecule has 1 amide bonds. The van der Waals surface area contributed by atoms with Gasteiger partial charge < -0.3 is 9.73 Å². The molecule has 6 nitrogen and oxygen atoms in total. The van der Waals surface area contributed by atoms with Crippen molar-refractivity contribution in [1.82, 2.24) is 14.8 Å². The molecular weight excluding hydrogens is 408 g/mol. The van der Waals surface area contributed by atoms with Crippen molar-refractivity contribution in [2.45, 2.75) is 25.5 Å². The zero-order chi connectivity index (χ0) is 20.4. The third-order valence-electron chi connectivity index (χ3n) is 4.49. The zero-order valence-corrected chi connectivity index (χ0v) is 17.5. The molecule has 0 aliphatic carbocycles. The summed E-state index contributed by atoms with van der Waals surface area (Å²) in [4.78, 5) is 12.4. The van der Waals surface area contributed by atoms with E-state index in [1.807, 2.05) is 54.8 Å². The van der Waals surface area contributed by atoms with Crippen molar-refractivity contribution in [3.63, 3.8) is 0 Å². The maximum Gasteiger partial charge on any atom is 0.234 e. The largest absolute Gasteiger partial charge is 0.453 e. The molecule has 0 atom stereocenters. The molecule has 0 unspecified atom stereocenters. The number of carbonyl (C=O) groups excluding carboxylic acids is 1. The highest BCUT2D eigenvalue weighted by atomic mass is 35.5. The highest BCUT2D eigenvalue weighted by molar-refractivity contribution is 7.99. The van der Waals surface area contributed by atoms with E-state index in [1.165, 1.54) is 11.8 Å². The third-order valence-corrected chi connectivity index (χ3v) is 5.69. The monoisotopic (exact) mass is 426 g/mol. The Balaban J connectivity index is 1.49. The van der Waals surface area contributed by atoms with Gasteiger partial charge in [0.2, 0.25) is 11.7 Å². The lowest BCUT2D eigenvalue weighted by atomic mass is 10.2. The number of hydrogen-bond donors (Lipinski definition) is 1. The lowest BCUT2D eigenvalue weighted by Gasteiger charge is -2.09. The first kappa shape index (κ1) is 19.5. The Bertz CT molecular complexity index is 1150. The van der Waals surface area contributed by atoms with Crippen molar-refractivity contribution >= 4 is 45.9 Å². The molecule has 8 heteroatoms. The van der Waals surface area contributed by atoms with Gasteiger partial charge in [0.05, 0.1) is 5.75 Å². The van der Waals surface area contributed by atoms with E-state index in [4.69, 9.17) is 16.0 Å². The SMILES string of the molecule is CCn1c(SCC(=O)Nc2cc(Cl)ccc2C)nnc1-c1cc2ccccc2o1. The Morgan fingerprint density at radius 2 is 2.03 bits per heavy atom. The van der Waals surface area contributed by atoms with Gasteiger partial charge in [0.25, 0.3) is 0 Å². The summed E-state index contributed by atoms with van der Waals surface area (Å²) in [7, 11) is 0. The molecule has 2 heterocycles. The van der Waals surface area contributed by atoms with Gasteiger partial charge in [0.15, 0.2) is 10.9 Å². The molecule has 0 aliphatic rings. The first-order valence-corrected chi connectivity index (χ1v) is 10.5. The van der Waals surface area contributed by atoms with Gasteiger partial charge in [-0.2, -0.15) is 0 Å². The van der Waals surface area contributed by atoms with E-state index in [-0.39, 0.29) is 11.7 Å². The Morgan fingerprint density at radius 1 is 1.21 bits per heavy atom. The lowest BCUT2D eigenvalue weighted by Crippen LogP contribution is -2.15. The fourth-order valence-electron chi connectivity index (χ4n) is 3.00. The van der Waals surface area contributed by atoms with Crippen LogP contribution in [-0.4, -0.2) is 26.4 Å². The van der Waals surface area contributed by atoms with E-state index in [9.17, 15) is 4.79 Å². The fraction of sp³-hybridized carbons (Fsp3) is 0.190. The number of furan rings is 1. The van der Waals surface area contributed by atoms with Crippen molar-refractivity contribution < 1.29 is 9.21 Å². The molecule has 0 bridgehead atoms. The molecule has 2 aromatic carbocycles. The summed E-state index contributed by atoms with van der Waals surface area (Å²) < 4.78 is 7.86. The molecule has 0 fully saturated rings. The Kier molecular flexibility index (Phi) is 5.60. The number of nitrogens with zero attached hydrogens (tertiary/aromatic N) is 3. The summed E-state index contributed by atoms with van der Waals surface area (Å²) in [6.45, 7) is 4.60. The number of hydrogen-bond acceptors (Lipinski definition) is 5. The normalized spacial score (nSPS) is 11.1. The van der Waals surface area contributed by atoms with Gasteiger partial charge >= 0.3 is 0 Å². The van der Waals surface area contributed by atoms with Crippen LogP contribution >= 0.6 is 23.4 Å². The van der Waals surface area contributed by atoms with E-state index in [2.05, 4.69) is 15.5 Å². The maximum absolute atomic E-state index is 12.4. The summed E-state index contributed by atoms with van der Waals surface area (Å²) in [5.41, 5.74) is 2.47. The summed E-state index contributed by atoms with van der Waals surface area (Å²) >= 11 is 7.35. The molecule has 4 rings (SSSR count). The number of nitrogens with one attached hydrogen (secondary N) is 1. The molecule has 4 aromatic rings. The van der Waals surface area contributed by atoms with Crippen molar-refractivity contribution in [3.8, 4) is 11.6 Å².